The number of carbonyl (C=O) groups excluding carboxylic acids is 1. The Labute approximate surface area is 134 Å². The van der Waals surface area contributed by atoms with Crippen LogP contribution in [0.15, 0.2) is 58.2 Å². The van der Waals surface area contributed by atoms with E-state index >= 15 is 0 Å². The molecule has 0 aliphatic heterocycles. The second-order valence-corrected chi connectivity index (χ2v) is 6.39. The zero-order valence-electron chi connectivity index (χ0n) is 11.0. The van der Waals surface area contributed by atoms with Gasteiger partial charge in [-0.3, -0.25) is 9.89 Å². The van der Waals surface area contributed by atoms with Crippen molar-refractivity contribution in [3.05, 3.63) is 53.0 Å². The SMILES string of the molecule is O=C(CSc1n[nH]c(-c2cccc(Br)c2)n1)C1C=CC=C1. The van der Waals surface area contributed by atoms with Gasteiger partial charge in [0.2, 0.25) is 5.16 Å². The van der Waals surface area contributed by atoms with Gasteiger partial charge in [-0.05, 0) is 12.1 Å². The largest absolute Gasteiger partial charge is 0.298 e. The van der Waals surface area contributed by atoms with Crippen LogP contribution in [0, 0.1) is 5.92 Å². The predicted octanol–water partition coefficient (Wildman–Crippen LogP) is 3.64. The molecule has 0 saturated carbocycles. The van der Waals surface area contributed by atoms with Gasteiger partial charge in [0.15, 0.2) is 11.6 Å². The van der Waals surface area contributed by atoms with E-state index in [1.54, 1.807) is 0 Å². The maximum atomic E-state index is 11.9. The number of hydrogen-bond donors (Lipinski definition) is 1. The average molecular weight is 362 g/mol. The third-order valence-electron chi connectivity index (χ3n) is 3.03. The van der Waals surface area contributed by atoms with Crippen LogP contribution in [0.25, 0.3) is 11.4 Å². The minimum Gasteiger partial charge on any atom is -0.298 e. The number of aromatic nitrogens is 3. The van der Waals surface area contributed by atoms with Gasteiger partial charge in [0.05, 0.1) is 11.7 Å². The minimum atomic E-state index is -0.0963. The number of thioether (sulfide) groups is 1. The number of Topliss-reactive ketones (excluding diaryl/α,β-unsaturated/α-hetero) is 1. The number of H-pyrrole nitrogens is 1. The van der Waals surface area contributed by atoms with Crippen molar-refractivity contribution in [3.63, 3.8) is 0 Å². The Kier molecular flexibility index (Phi) is 4.36. The van der Waals surface area contributed by atoms with Crippen LogP contribution in [0.2, 0.25) is 0 Å². The molecule has 0 radical (unpaired) electrons. The molecular weight excluding hydrogens is 350 g/mol. The number of nitrogens with zero attached hydrogens (tertiary/aromatic N) is 2. The molecule has 1 aromatic heterocycles. The molecule has 1 aromatic carbocycles. The Morgan fingerprint density at radius 1 is 1.33 bits per heavy atom. The van der Waals surface area contributed by atoms with Crippen molar-refractivity contribution >= 4 is 33.5 Å². The van der Waals surface area contributed by atoms with Crippen LogP contribution in [0.5, 0.6) is 0 Å². The zero-order chi connectivity index (χ0) is 14.7. The molecule has 0 bridgehead atoms. The summed E-state index contributed by atoms with van der Waals surface area (Å²) in [5.41, 5.74) is 0.955. The lowest BCUT2D eigenvalue weighted by molar-refractivity contribution is -0.117. The number of halogens is 1. The molecule has 4 nitrogen and oxygen atoms in total. The lowest BCUT2D eigenvalue weighted by atomic mass is 10.1. The highest BCUT2D eigenvalue weighted by Gasteiger charge is 2.16. The summed E-state index contributed by atoms with van der Waals surface area (Å²) < 4.78 is 0.987. The Morgan fingerprint density at radius 3 is 2.90 bits per heavy atom. The normalized spacial score (nSPS) is 14.0. The average Bonchev–Trinajstić information content (AvgIpc) is 3.16. The van der Waals surface area contributed by atoms with Crippen LogP contribution in [-0.2, 0) is 4.79 Å². The Balaban J connectivity index is 1.64. The summed E-state index contributed by atoms with van der Waals surface area (Å²) in [6.45, 7) is 0. The van der Waals surface area contributed by atoms with Gasteiger partial charge in [-0.2, -0.15) is 0 Å². The minimum absolute atomic E-state index is 0.0963. The third-order valence-corrected chi connectivity index (χ3v) is 4.39. The molecule has 0 atom stereocenters. The van der Waals surface area contributed by atoms with Crippen LogP contribution < -0.4 is 0 Å². The molecule has 1 N–H and O–H groups in total. The van der Waals surface area contributed by atoms with E-state index in [9.17, 15) is 4.79 Å². The van der Waals surface area contributed by atoms with E-state index in [-0.39, 0.29) is 11.7 Å². The molecule has 106 valence electrons. The van der Waals surface area contributed by atoms with Crippen molar-refractivity contribution in [2.24, 2.45) is 5.92 Å². The highest BCUT2D eigenvalue weighted by Crippen LogP contribution is 2.23. The predicted molar refractivity (Wildman–Crippen MR) is 87.0 cm³/mol. The van der Waals surface area contributed by atoms with Gasteiger partial charge in [0.1, 0.15) is 0 Å². The molecule has 0 fully saturated rings. The van der Waals surface area contributed by atoms with Gasteiger partial charge in [-0.15, -0.1) is 5.10 Å². The molecule has 21 heavy (non-hydrogen) atoms. The topological polar surface area (TPSA) is 58.6 Å². The summed E-state index contributed by atoms with van der Waals surface area (Å²) in [6.07, 6.45) is 7.58. The van der Waals surface area contributed by atoms with E-state index in [1.807, 2.05) is 48.6 Å². The van der Waals surface area contributed by atoms with E-state index < -0.39 is 0 Å². The molecule has 6 heteroatoms. The summed E-state index contributed by atoms with van der Waals surface area (Å²) >= 11 is 4.78. The Hall–Kier alpha value is -1.66. The molecule has 2 aromatic rings. The number of hydrogen-bond acceptors (Lipinski definition) is 4. The summed E-state index contributed by atoms with van der Waals surface area (Å²) in [5.74, 6) is 1.14. The van der Waals surface area contributed by atoms with Crippen molar-refractivity contribution in [1.29, 1.82) is 0 Å². The van der Waals surface area contributed by atoms with E-state index in [4.69, 9.17) is 0 Å². The molecule has 1 aliphatic carbocycles. The molecule has 0 amide bonds. The van der Waals surface area contributed by atoms with Gasteiger partial charge < -0.3 is 0 Å². The van der Waals surface area contributed by atoms with Crippen LogP contribution in [0.4, 0.5) is 0 Å². The standard InChI is InChI=1S/C15H12BrN3OS/c16-12-7-3-6-11(8-12)14-17-15(19-18-14)21-9-13(20)10-4-1-2-5-10/h1-8,10H,9H2,(H,17,18,19). The van der Waals surface area contributed by atoms with Gasteiger partial charge in [-0.1, -0.05) is 64.1 Å². The quantitative estimate of drug-likeness (QED) is 0.826. The number of allylic oxidation sites excluding steroid dienone is 4. The first-order valence-electron chi connectivity index (χ1n) is 6.41. The lowest BCUT2D eigenvalue weighted by Crippen LogP contribution is -2.10. The third kappa shape index (κ3) is 3.51. The van der Waals surface area contributed by atoms with Crippen LogP contribution >= 0.6 is 27.7 Å². The van der Waals surface area contributed by atoms with Gasteiger partial charge in [-0.25, -0.2) is 4.98 Å². The Morgan fingerprint density at radius 2 is 2.14 bits per heavy atom. The molecule has 1 aliphatic rings. The number of ketones is 1. The van der Waals surface area contributed by atoms with E-state index in [0.717, 1.165) is 10.0 Å². The smallest absolute Gasteiger partial charge is 0.209 e. The van der Waals surface area contributed by atoms with Crippen molar-refractivity contribution < 1.29 is 4.79 Å². The monoisotopic (exact) mass is 361 g/mol. The molecule has 3 rings (SSSR count). The maximum absolute atomic E-state index is 11.9. The summed E-state index contributed by atoms with van der Waals surface area (Å²) in [6, 6.07) is 7.82. The summed E-state index contributed by atoms with van der Waals surface area (Å²) in [4.78, 5) is 16.4. The second kappa shape index (κ2) is 6.41. The molecule has 0 unspecified atom stereocenters. The number of carbonyl (C=O) groups is 1. The molecule has 0 spiro atoms. The van der Waals surface area contributed by atoms with Crippen LogP contribution in [-0.4, -0.2) is 26.7 Å². The first-order chi connectivity index (χ1) is 10.2. The van der Waals surface area contributed by atoms with E-state index in [1.165, 1.54) is 11.8 Å². The first-order valence-corrected chi connectivity index (χ1v) is 8.19. The van der Waals surface area contributed by atoms with Gasteiger partial charge >= 0.3 is 0 Å². The summed E-state index contributed by atoms with van der Waals surface area (Å²) in [7, 11) is 0. The number of benzene rings is 1. The van der Waals surface area contributed by atoms with Crippen molar-refractivity contribution in [2.45, 2.75) is 5.16 Å². The fourth-order valence-electron chi connectivity index (χ4n) is 1.95. The maximum Gasteiger partial charge on any atom is 0.209 e. The van der Waals surface area contributed by atoms with E-state index in [2.05, 4.69) is 31.1 Å². The van der Waals surface area contributed by atoms with Crippen LogP contribution in [0.1, 0.15) is 0 Å². The molecule has 1 heterocycles. The highest BCUT2D eigenvalue weighted by atomic mass is 79.9. The lowest BCUT2D eigenvalue weighted by Gasteiger charge is -2.01. The van der Waals surface area contributed by atoms with Gasteiger partial charge in [0, 0.05) is 10.0 Å². The highest BCUT2D eigenvalue weighted by molar-refractivity contribution is 9.10. The van der Waals surface area contributed by atoms with Crippen molar-refractivity contribution in [1.82, 2.24) is 15.2 Å². The second-order valence-electron chi connectivity index (χ2n) is 4.53. The first kappa shape index (κ1) is 14.3. The van der Waals surface area contributed by atoms with Gasteiger partial charge in [0.25, 0.3) is 0 Å². The van der Waals surface area contributed by atoms with Crippen molar-refractivity contribution in [3.8, 4) is 11.4 Å². The fourth-order valence-corrected chi connectivity index (χ4v) is 3.08. The number of aromatic amines is 1. The molecule has 0 saturated heterocycles. The summed E-state index contributed by atoms with van der Waals surface area (Å²) in [5, 5.41) is 7.63. The fraction of sp³-hybridized carbons (Fsp3) is 0.133. The van der Waals surface area contributed by atoms with Crippen LogP contribution in [0.3, 0.4) is 0 Å². The zero-order valence-corrected chi connectivity index (χ0v) is 13.4. The Bertz CT molecular complexity index is 711. The number of nitrogens with one attached hydrogen (secondary N) is 1. The van der Waals surface area contributed by atoms with Crippen molar-refractivity contribution in [2.75, 3.05) is 5.75 Å². The van der Waals surface area contributed by atoms with E-state index in [0.29, 0.717) is 16.7 Å². The number of rotatable bonds is 5. The molecular formula is C15H12BrN3OS.